The van der Waals surface area contributed by atoms with E-state index in [1.165, 1.54) is 0 Å². The fourth-order valence-electron chi connectivity index (χ4n) is 1.88. The molecule has 0 aliphatic carbocycles. The zero-order valence-electron chi connectivity index (χ0n) is 11.4. The van der Waals surface area contributed by atoms with Crippen molar-refractivity contribution in [3.8, 4) is 0 Å². The summed E-state index contributed by atoms with van der Waals surface area (Å²) >= 11 is 0. The second-order valence-electron chi connectivity index (χ2n) is 4.40. The molecule has 1 aromatic carbocycles. The van der Waals surface area contributed by atoms with Gasteiger partial charge >= 0.3 is 0 Å². The number of hydrogen-bond acceptors (Lipinski definition) is 4. The van der Waals surface area contributed by atoms with Crippen molar-refractivity contribution in [3.05, 3.63) is 51.0 Å². The third-order valence-corrected chi connectivity index (χ3v) is 3.10. The van der Waals surface area contributed by atoms with Crippen molar-refractivity contribution in [1.29, 1.82) is 0 Å². The van der Waals surface area contributed by atoms with Crippen LogP contribution in [0.1, 0.15) is 28.5 Å². The third kappa shape index (κ3) is 2.88. The Morgan fingerprint density at radius 3 is 2.76 bits per heavy atom. The molecule has 0 radical (unpaired) electrons. The molecule has 0 atom stereocenters. The van der Waals surface area contributed by atoms with Gasteiger partial charge in [0.1, 0.15) is 5.82 Å². The number of nitro groups is 1. The van der Waals surface area contributed by atoms with Gasteiger partial charge in [-0.2, -0.15) is 5.10 Å². The number of non-ortho nitro benzene ring substituents is 1. The van der Waals surface area contributed by atoms with Crippen LogP contribution in [-0.2, 0) is 6.42 Å². The Morgan fingerprint density at radius 1 is 1.52 bits per heavy atom. The number of nitrogens with zero attached hydrogens (tertiary/aromatic N) is 2. The molecule has 0 saturated heterocycles. The van der Waals surface area contributed by atoms with Gasteiger partial charge in [0.25, 0.3) is 11.6 Å². The van der Waals surface area contributed by atoms with E-state index in [9.17, 15) is 19.3 Å². The Hall–Kier alpha value is -2.77. The molecule has 8 heteroatoms. The molecule has 110 valence electrons. The molecule has 21 heavy (non-hydrogen) atoms. The molecule has 1 amide bonds. The van der Waals surface area contributed by atoms with Crippen molar-refractivity contribution in [2.45, 2.75) is 20.3 Å². The Bertz CT molecular complexity index is 711. The molecule has 0 aliphatic heterocycles. The first-order valence-corrected chi connectivity index (χ1v) is 6.23. The molecule has 1 heterocycles. The van der Waals surface area contributed by atoms with E-state index in [0.717, 1.165) is 29.8 Å². The van der Waals surface area contributed by atoms with Crippen LogP contribution in [0.15, 0.2) is 18.2 Å². The summed E-state index contributed by atoms with van der Waals surface area (Å²) in [5.74, 6) is -1.35. The van der Waals surface area contributed by atoms with E-state index in [4.69, 9.17) is 0 Å². The van der Waals surface area contributed by atoms with Crippen molar-refractivity contribution in [3.63, 3.8) is 0 Å². The van der Waals surface area contributed by atoms with Gasteiger partial charge in [0.2, 0.25) is 0 Å². The van der Waals surface area contributed by atoms with E-state index in [-0.39, 0.29) is 5.56 Å². The van der Waals surface area contributed by atoms with E-state index < -0.39 is 22.3 Å². The number of H-pyrrole nitrogens is 1. The second kappa shape index (κ2) is 5.70. The van der Waals surface area contributed by atoms with Crippen molar-refractivity contribution < 1.29 is 14.1 Å². The monoisotopic (exact) mass is 292 g/mol. The van der Waals surface area contributed by atoms with Crippen LogP contribution >= 0.6 is 0 Å². The van der Waals surface area contributed by atoms with E-state index >= 15 is 0 Å². The average molecular weight is 292 g/mol. The number of nitro benzene ring substituents is 1. The third-order valence-electron chi connectivity index (χ3n) is 3.10. The number of rotatable bonds is 4. The summed E-state index contributed by atoms with van der Waals surface area (Å²) in [6, 6.07) is 2.86. The molecule has 0 unspecified atom stereocenters. The molecular weight excluding hydrogens is 279 g/mol. The van der Waals surface area contributed by atoms with Crippen LogP contribution in [0, 0.1) is 22.9 Å². The van der Waals surface area contributed by atoms with Gasteiger partial charge in [-0.1, -0.05) is 6.92 Å². The van der Waals surface area contributed by atoms with Crippen molar-refractivity contribution >= 4 is 17.4 Å². The van der Waals surface area contributed by atoms with Crippen LogP contribution in [0.3, 0.4) is 0 Å². The van der Waals surface area contributed by atoms with Crippen LogP contribution in [0.2, 0.25) is 0 Å². The van der Waals surface area contributed by atoms with E-state index in [0.29, 0.717) is 11.9 Å². The Morgan fingerprint density at radius 2 is 2.24 bits per heavy atom. The Balaban J connectivity index is 2.24. The number of halogens is 1. The standard InChI is InChI=1S/C13H13FN4O3/c1-3-11-7(2)12(17-16-11)15-13(19)9-5-4-8(18(20)21)6-10(9)14/h4-6H,3H2,1-2H3,(H2,15,16,17,19). The highest BCUT2D eigenvalue weighted by Crippen LogP contribution is 2.20. The number of carbonyl (C=O) groups excluding carboxylic acids is 1. The quantitative estimate of drug-likeness (QED) is 0.668. The maximum Gasteiger partial charge on any atom is 0.272 e. The summed E-state index contributed by atoms with van der Waals surface area (Å²) in [5, 5.41) is 19.7. The number of aromatic amines is 1. The van der Waals surface area contributed by atoms with E-state index in [2.05, 4.69) is 15.5 Å². The van der Waals surface area contributed by atoms with Crippen molar-refractivity contribution in [2.24, 2.45) is 0 Å². The molecule has 7 nitrogen and oxygen atoms in total. The van der Waals surface area contributed by atoms with E-state index in [1.54, 1.807) is 6.92 Å². The summed E-state index contributed by atoms with van der Waals surface area (Å²) in [6.07, 6.45) is 0.723. The highest BCUT2D eigenvalue weighted by atomic mass is 19.1. The predicted molar refractivity (Wildman–Crippen MR) is 73.7 cm³/mol. The Kier molecular flexibility index (Phi) is 3.97. The lowest BCUT2D eigenvalue weighted by atomic mass is 10.1. The fraction of sp³-hybridized carbons (Fsp3) is 0.231. The van der Waals surface area contributed by atoms with Gasteiger partial charge in [-0.25, -0.2) is 4.39 Å². The summed E-state index contributed by atoms with van der Waals surface area (Å²) in [5.41, 5.74) is 0.956. The van der Waals surface area contributed by atoms with Gasteiger partial charge in [-0.3, -0.25) is 20.0 Å². The summed E-state index contributed by atoms with van der Waals surface area (Å²) < 4.78 is 13.7. The largest absolute Gasteiger partial charge is 0.305 e. The molecular formula is C13H13FN4O3. The van der Waals surface area contributed by atoms with E-state index in [1.807, 2.05) is 6.92 Å². The first kappa shape index (κ1) is 14.6. The fourth-order valence-corrected chi connectivity index (χ4v) is 1.88. The molecule has 0 bridgehead atoms. The molecule has 0 saturated carbocycles. The Labute approximate surface area is 119 Å². The van der Waals surface area contributed by atoms with Crippen LogP contribution in [0.5, 0.6) is 0 Å². The lowest BCUT2D eigenvalue weighted by molar-refractivity contribution is -0.385. The van der Waals surface area contributed by atoms with Gasteiger partial charge in [-0.05, 0) is 19.4 Å². The number of amides is 1. The number of aromatic nitrogens is 2. The highest BCUT2D eigenvalue weighted by Gasteiger charge is 2.18. The minimum Gasteiger partial charge on any atom is -0.305 e. The zero-order chi connectivity index (χ0) is 15.6. The SMILES string of the molecule is CCc1[nH]nc(NC(=O)c2ccc([N+](=O)[O-])cc2F)c1C. The summed E-state index contributed by atoms with van der Waals surface area (Å²) in [4.78, 5) is 21.8. The summed E-state index contributed by atoms with van der Waals surface area (Å²) in [7, 11) is 0. The van der Waals surface area contributed by atoms with Crippen LogP contribution < -0.4 is 5.32 Å². The smallest absolute Gasteiger partial charge is 0.272 e. The molecule has 0 fully saturated rings. The lowest BCUT2D eigenvalue weighted by Crippen LogP contribution is -2.15. The number of hydrogen-bond donors (Lipinski definition) is 2. The lowest BCUT2D eigenvalue weighted by Gasteiger charge is -2.04. The first-order chi connectivity index (χ1) is 9.93. The number of anilines is 1. The molecule has 2 aromatic rings. The number of carbonyl (C=O) groups is 1. The highest BCUT2D eigenvalue weighted by molar-refractivity contribution is 6.04. The number of aryl methyl sites for hydroxylation is 1. The number of nitrogens with one attached hydrogen (secondary N) is 2. The maximum absolute atomic E-state index is 13.7. The molecule has 0 aliphatic rings. The topological polar surface area (TPSA) is 101 Å². The molecule has 2 N–H and O–H groups in total. The molecule has 1 aromatic heterocycles. The first-order valence-electron chi connectivity index (χ1n) is 6.23. The minimum atomic E-state index is -0.953. The maximum atomic E-state index is 13.7. The average Bonchev–Trinajstić information content (AvgIpc) is 2.79. The number of benzene rings is 1. The second-order valence-corrected chi connectivity index (χ2v) is 4.40. The van der Waals surface area contributed by atoms with Gasteiger partial charge in [-0.15, -0.1) is 0 Å². The molecule has 0 spiro atoms. The van der Waals surface area contributed by atoms with Crippen LogP contribution in [0.4, 0.5) is 15.9 Å². The molecule has 2 rings (SSSR count). The van der Waals surface area contributed by atoms with Crippen molar-refractivity contribution in [1.82, 2.24) is 10.2 Å². The normalized spacial score (nSPS) is 10.4. The van der Waals surface area contributed by atoms with Gasteiger partial charge in [0, 0.05) is 17.3 Å². The summed E-state index contributed by atoms with van der Waals surface area (Å²) in [6.45, 7) is 3.71. The van der Waals surface area contributed by atoms with Gasteiger partial charge < -0.3 is 5.32 Å². The van der Waals surface area contributed by atoms with Gasteiger partial charge in [0.05, 0.1) is 16.6 Å². The minimum absolute atomic E-state index is 0.277. The van der Waals surface area contributed by atoms with Crippen LogP contribution in [-0.4, -0.2) is 21.0 Å². The van der Waals surface area contributed by atoms with Crippen LogP contribution in [0.25, 0.3) is 0 Å². The zero-order valence-corrected chi connectivity index (χ0v) is 11.4. The predicted octanol–water partition coefficient (Wildman–Crippen LogP) is 2.58. The van der Waals surface area contributed by atoms with Crippen molar-refractivity contribution in [2.75, 3.05) is 5.32 Å². The van der Waals surface area contributed by atoms with Gasteiger partial charge in [0.15, 0.2) is 5.82 Å².